The molecule has 23 heavy (non-hydrogen) atoms. The summed E-state index contributed by atoms with van der Waals surface area (Å²) in [5.74, 6) is 3.22. The molecule has 7 unspecified atom stereocenters. The highest BCUT2D eigenvalue weighted by Gasteiger charge is 2.60. The number of fused-ring (bicyclic) bond motifs is 5. The molecule has 4 aliphatic rings. The molecule has 0 aliphatic heterocycles. The van der Waals surface area contributed by atoms with Gasteiger partial charge in [-0.1, -0.05) is 26.7 Å². The lowest BCUT2D eigenvalue weighted by Gasteiger charge is -2.60. The van der Waals surface area contributed by atoms with Crippen LogP contribution in [0.3, 0.4) is 0 Å². The summed E-state index contributed by atoms with van der Waals surface area (Å²) < 4.78 is 5.82. The van der Waals surface area contributed by atoms with Gasteiger partial charge in [0.05, 0.1) is 0 Å². The number of hydrogen-bond donors (Lipinski definition) is 0. The first-order chi connectivity index (χ1) is 10.9. The van der Waals surface area contributed by atoms with Crippen LogP contribution in [-0.4, -0.2) is 12.1 Å². The Kier molecular flexibility index (Phi) is 3.81. The van der Waals surface area contributed by atoms with E-state index in [2.05, 4.69) is 13.8 Å². The molecule has 4 rings (SSSR count). The minimum Gasteiger partial charge on any atom is -0.462 e. The lowest BCUT2D eigenvalue weighted by molar-refractivity contribution is -0.160. The van der Waals surface area contributed by atoms with Gasteiger partial charge in [0.1, 0.15) is 6.10 Å². The van der Waals surface area contributed by atoms with Gasteiger partial charge in [-0.05, 0) is 80.0 Å². The lowest BCUT2D eigenvalue weighted by atomic mass is 9.45. The van der Waals surface area contributed by atoms with Crippen molar-refractivity contribution in [3.05, 3.63) is 0 Å². The molecule has 4 aliphatic carbocycles. The summed E-state index contributed by atoms with van der Waals surface area (Å²) in [6.45, 7) is 6.70. The SMILES string of the molecule is CC(=O)OC1CCC2(C)CCC3C(CCC4CCCCC43C)C12. The lowest BCUT2D eigenvalue weighted by Crippen LogP contribution is -2.53. The second kappa shape index (κ2) is 5.49. The molecular formula is C21H34O2. The first-order valence-electron chi connectivity index (χ1n) is 10.1. The van der Waals surface area contributed by atoms with Crippen LogP contribution < -0.4 is 0 Å². The van der Waals surface area contributed by atoms with Gasteiger partial charge in [0, 0.05) is 12.8 Å². The van der Waals surface area contributed by atoms with Gasteiger partial charge in [0.15, 0.2) is 0 Å². The average molecular weight is 319 g/mol. The van der Waals surface area contributed by atoms with E-state index < -0.39 is 0 Å². The van der Waals surface area contributed by atoms with Crippen LogP contribution in [0, 0.1) is 34.5 Å². The smallest absolute Gasteiger partial charge is 0.302 e. The third kappa shape index (κ3) is 2.38. The van der Waals surface area contributed by atoms with Crippen LogP contribution in [0.2, 0.25) is 0 Å². The minimum absolute atomic E-state index is 0.0704. The standard InChI is InChI=1S/C21H34O2/c1-14(22)23-18-10-13-20(2)12-9-17-16(19(18)20)8-7-15-6-4-5-11-21(15,17)3/h15-19H,4-13H2,1-3H3. The third-order valence-electron chi connectivity index (χ3n) is 8.67. The van der Waals surface area contributed by atoms with Crippen LogP contribution in [0.4, 0.5) is 0 Å². The molecule has 0 aromatic heterocycles. The predicted molar refractivity (Wildman–Crippen MR) is 91.9 cm³/mol. The summed E-state index contributed by atoms with van der Waals surface area (Å²) in [5.41, 5.74) is 1.00. The van der Waals surface area contributed by atoms with Crippen molar-refractivity contribution in [2.45, 2.75) is 91.1 Å². The second-order valence-corrected chi connectivity index (χ2v) is 9.70. The van der Waals surface area contributed by atoms with E-state index in [1.165, 1.54) is 57.8 Å². The Hall–Kier alpha value is -0.530. The van der Waals surface area contributed by atoms with E-state index in [0.717, 1.165) is 24.2 Å². The highest BCUT2D eigenvalue weighted by molar-refractivity contribution is 5.66. The Morgan fingerprint density at radius 3 is 2.52 bits per heavy atom. The van der Waals surface area contributed by atoms with E-state index in [0.29, 0.717) is 16.7 Å². The number of carbonyl (C=O) groups excluding carboxylic acids is 1. The summed E-state index contributed by atoms with van der Waals surface area (Å²) >= 11 is 0. The van der Waals surface area contributed by atoms with Crippen LogP contribution in [0.15, 0.2) is 0 Å². The largest absolute Gasteiger partial charge is 0.462 e. The minimum atomic E-state index is -0.0704. The van der Waals surface area contributed by atoms with Crippen molar-refractivity contribution in [1.29, 1.82) is 0 Å². The highest BCUT2D eigenvalue weighted by Crippen LogP contribution is 2.66. The van der Waals surface area contributed by atoms with Gasteiger partial charge in [-0.3, -0.25) is 4.79 Å². The fourth-order valence-corrected chi connectivity index (χ4v) is 7.63. The van der Waals surface area contributed by atoms with E-state index in [1.54, 1.807) is 6.92 Å². The van der Waals surface area contributed by atoms with Gasteiger partial charge in [0.2, 0.25) is 0 Å². The van der Waals surface area contributed by atoms with Crippen molar-refractivity contribution in [2.24, 2.45) is 34.5 Å². The maximum absolute atomic E-state index is 11.6. The monoisotopic (exact) mass is 318 g/mol. The first kappa shape index (κ1) is 16.0. The molecule has 0 bridgehead atoms. The van der Waals surface area contributed by atoms with E-state index in [4.69, 9.17) is 4.74 Å². The molecule has 0 amide bonds. The van der Waals surface area contributed by atoms with Gasteiger partial charge in [-0.25, -0.2) is 0 Å². The Labute approximate surface area is 141 Å². The average Bonchev–Trinajstić information content (AvgIpc) is 2.83. The zero-order chi connectivity index (χ0) is 16.2. The van der Waals surface area contributed by atoms with Crippen LogP contribution >= 0.6 is 0 Å². The van der Waals surface area contributed by atoms with Crippen LogP contribution in [0.5, 0.6) is 0 Å². The van der Waals surface area contributed by atoms with Gasteiger partial charge in [-0.15, -0.1) is 0 Å². The number of carbonyl (C=O) groups is 1. The Morgan fingerprint density at radius 2 is 1.74 bits per heavy atom. The first-order valence-corrected chi connectivity index (χ1v) is 10.1. The summed E-state index contributed by atoms with van der Waals surface area (Å²) in [6, 6.07) is 0. The molecule has 2 nitrogen and oxygen atoms in total. The van der Waals surface area contributed by atoms with Gasteiger partial charge in [-0.2, -0.15) is 0 Å². The van der Waals surface area contributed by atoms with Gasteiger partial charge in [0.25, 0.3) is 0 Å². The number of rotatable bonds is 1. The van der Waals surface area contributed by atoms with Crippen LogP contribution in [0.1, 0.15) is 85.0 Å². The number of esters is 1. The molecular weight excluding hydrogens is 284 g/mol. The molecule has 0 aromatic rings. The number of hydrogen-bond acceptors (Lipinski definition) is 2. The molecule has 2 heteroatoms. The van der Waals surface area contributed by atoms with Crippen molar-refractivity contribution >= 4 is 5.97 Å². The number of ether oxygens (including phenoxy) is 1. The molecule has 130 valence electrons. The van der Waals surface area contributed by atoms with E-state index in [-0.39, 0.29) is 12.1 Å². The van der Waals surface area contributed by atoms with Crippen molar-refractivity contribution < 1.29 is 9.53 Å². The summed E-state index contributed by atoms with van der Waals surface area (Å²) in [6.07, 6.45) is 14.0. The van der Waals surface area contributed by atoms with Crippen molar-refractivity contribution in [1.82, 2.24) is 0 Å². The maximum atomic E-state index is 11.6. The van der Waals surface area contributed by atoms with Crippen molar-refractivity contribution in [3.8, 4) is 0 Å². The molecule has 0 radical (unpaired) electrons. The molecule has 0 N–H and O–H groups in total. The zero-order valence-electron chi connectivity index (χ0n) is 15.3. The molecule has 0 aromatic carbocycles. The quantitative estimate of drug-likeness (QED) is 0.609. The molecule has 0 saturated heterocycles. The molecule has 4 fully saturated rings. The van der Waals surface area contributed by atoms with Crippen molar-refractivity contribution in [2.75, 3.05) is 0 Å². The Balaban J connectivity index is 1.63. The van der Waals surface area contributed by atoms with Crippen LogP contribution in [0.25, 0.3) is 0 Å². The molecule has 7 atom stereocenters. The molecule has 0 heterocycles. The fraction of sp³-hybridized carbons (Fsp3) is 0.952. The van der Waals surface area contributed by atoms with Gasteiger partial charge >= 0.3 is 5.97 Å². The molecule has 0 spiro atoms. The van der Waals surface area contributed by atoms with E-state index >= 15 is 0 Å². The van der Waals surface area contributed by atoms with E-state index in [9.17, 15) is 4.79 Å². The third-order valence-corrected chi connectivity index (χ3v) is 8.67. The normalized spacial score (nSPS) is 52.2. The van der Waals surface area contributed by atoms with E-state index in [1.807, 2.05) is 0 Å². The predicted octanol–water partition coefficient (Wildman–Crippen LogP) is 5.35. The second-order valence-electron chi connectivity index (χ2n) is 9.70. The Bertz CT molecular complexity index is 486. The molecule has 4 saturated carbocycles. The zero-order valence-corrected chi connectivity index (χ0v) is 15.3. The summed E-state index contributed by atoms with van der Waals surface area (Å²) in [5, 5.41) is 0. The van der Waals surface area contributed by atoms with Crippen LogP contribution in [-0.2, 0) is 9.53 Å². The van der Waals surface area contributed by atoms with Crippen molar-refractivity contribution in [3.63, 3.8) is 0 Å². The fourth-order valence-electron chi connectivity index (χ4n) is 7.63. The summed E-state index contributed by atoms with van der Waals surface area (Å²) in [4.78, 5) is 11.6. The van der Waals surface area contributed by atoms with Gasteiger partial charge < -0.3 is 4.74 Å². The maximum Gasteiger partial charge on any atom is 0.302 e. The topological polar surface area (TPSA) is 26.3 Å². The highest BCUT2D eigenvalue weighted by atomic mass is 16.5. The Morgan fingerprint density at radius 1 is 0.957 bits per heavy atom. The summed E-state index contributed by atoms with van der Waals surface area (Å²) in [7, 11) is 0.